The summed E-state index contributed by atoms with van der Waals surface area (Å²) in [5, 5.41) is 11.2. The van der Waals surface area contributed by atoms with Crippen LogP contribution in [0, 0.1) is 10.1 Å². The Hall–Kier alpha value is -3.39. The maximum Gasteiger partial charge on any atom is 0.363 e. The van der Waals surface area contributed by atoms with Crippen molar-refractivity contribution in [2.45, 2.75) is 20.3 Å². The van der Waals surface area contributed by atoms with Gasteiger partial charge in [-0.15, -0.1) is 0 Å². The van der Waals surface area contributed by atoms with Gasteiger partial charge < -0.3 is 14.2 Å². The van der Waals surface area contributed by atoms with Crippen molar-refractivity contribution in [2.75, 3.05) is 13.2 Å². The minimum Gasteiger partial charge on any atom is -0.490 e. The van der Waals surface area contributed by atoms with Crippen LogP contribution in [-0.2, 0) is 9.53 Å². The number of nitro groups is 1. The fourth-order valence-electron chi connectivity index (χ4n) is 2.69. The van der Waals surface area contributed by atoms with E-state index in [9.17, 15) is 14.9 Å². The monoisotopic (exact) mass is 430 g/mol. The normalized spacial score (nSPS) is 14.4. The van der Waals surface area contributed by atoms with E-state index >= 15 is 0 Å². The number of ether oxygens (including phenoxy) is 3. The molecule has 0 aliphatic carbocycles. The van der Waals surface area contributed by atoms with Crippen molar-refractivity contribution in [1.29, 1.82) is 0 Å². The quantitative estimate of drug-likeness (QED) is 0.258. The highest BCUT2D eigenvalue weighted by atomic mass is 35.5. The summed E-state index contributed by atoms with van der Waals surface area (Å²) in [6.07, 6.45) is 2.40. The first-order chi connectivity index (χ1) is 14.4. The van der Waals surface area contributed by atoms with Gasteiger partial charge in [-0.3, -0.25) is 10.1 Å². The number of nitrogens with zero attached hydrogens (tertiary/aromatic N) is 2. The van der Waals surface area contributed by atoms with E-state index in [1.165, 1.54) is 24.3 Å². The maximum atomic E-state index is 12.3. The molecule has 1 heterocycles. The number of carbonyl (C=O) groups excluding carboxylic acids is 1. The Morgan fingerprint density at radius 3 is 2.67 bits per heavy atom. The first-order valence-electron chi connectivity index (χ1n) is 9.29. The molecule has 30 heavy (non-hydrogen) atoms. The summed E-state index contributed by atoms with van der Waals surface area (Å²) in [5.41, 5.74) is 0.678. The standard InChI is InChI=1S/C21H19ClN2O6/c1-3-9-29-18-8-5-13(11-19(18)28-4-2)10-17-21(25)30-20(23-17)15-12-14(24(26)27)6-7-16(15)22/h5-8,10-12H,3-4,9H2,1-2H3/b17-10-. The fourth-order valence-corrected chi connectivity index (χ4v) is 2.89. The van der Waals surface area contributed by atoms with Crippen molar-refractivity contribution >= 4 is 35.2 Å². The predicted molar refractivity (Wildman–Crippen MR) is 112 cm³/mol. The molecule has 0 saturated heterocycles. The highest BCUT2D eigenvalue weighted by molar-refractivity contribution is 6.34. The van der Waals surface area contributed by atoms with Gasteiger partial charge in [0.25, 0.3) is 5.69 Å². The van der Waals surface area contributed by atoms with E-state index in [2.05, 4.69) is 4.99 Å². The zero-order valence-electron chi connectivity index (χ0n) is 16.4. The van der Waals surface area contributed by atoms with Gasteiger partial charge in [0.1, 0.15) is 0 Å². The topological polar surface area (TPSA) is 100 Å². The number of hydrogen-bond donors (Lipinski definition) is 0. The zero-order chi connectivity index (χ0) is 21.7. The Bertz CT molecular complexity index is 1050. The second-order valence-corrected chi connectivity index (χ2v) is 6.65. The lowest BCUT2D eigenvalue weighted by atomic mass is 10.1. The van der Waals surface area contributed by atoms with Gasteiger partial charge in [0, 0.05) is 12.1 Å². The molecule has 0 unspecified atom stereocenters. The van der Waals surface area contributed by atoms with Gasteiger partial charge in [-0.25, -0.2) is 9.79 Å². The summed E-state index contributed by atoms with van der Waals surface area (Å²) in [7, 11) is 0. The first-order valence-corrected chi connectivity index (χ1v) is 9.67. The molecule has 0 saturated carbocycles. The Kier molecular flexibility index (Phi) is 6.68. The van der Waals surface area contributed by atoms with Crippen LogP contribution in [0.2, 0.25) is 5.02 Å². The maximum absolute atomic E-state index is 12.3. The van der Waals surface area contributed by atoms with E-state index in [1.54, 1.807) is 18.2 Å². The lowest BCUT2D eigenvalue weighted by Crippen LogP contribution is -2.06. The molecule has 9 heteroatoms. The van der Waals surface area contributed by atoms with Crippen LogP contribution >= 0.6 is 11.6 Å². The summed E-state index contributed by atoms with van der Waals surface area (Å²) >= 11 is 6.11. The van der Waals surface area contributed by atoms with Crippen molar-refractivity contribution in [1.82, 2.24) is 0 Å². The molecule has 0 amide bonds. The Morgan fingerprint density at radius 1 is 1.17 bits per heavy atom. The number of carbonyl (C=O) groups is 1. The van der Waals surface area contributed by atoms with E-state index < -0.39 is 10.9 Å². The van der Waals surface area contributed by atoms with Crippen molar-refractivity contribution in [3.8, 4) is 11.5 Å². The van der Waals surface area contributed by atoms with Gasteiger partial charge in [0.2, 0.25) is 5.90 Å². The second-order valence-electron chi connectivity index (χ2n) is 6.24. The van der Waals surface area contributed by atoms with Gasteiger partial charge in [-0.05, 0) is 43.2 Å². The minimum atomic E-state index is -0.683. The number of rotatable bonds is 8. The van der Waals surface area contributed by atoms with Crippen molar-refractivity contribution in [3.63, 3.8) is 0 Å². The molecule has 156 valence electrons. The SMILES string of the molecule is CCCOc1ccc(/C=C2\N=C(c3cc([N+](=O)[O-])ccc3Cl)OC2=O)cc1OCC. The summed E-state index contributed by atoms with van der Waals surface area (Å²) < 4.78 is 16.5. The number of halogens is 1. The molecule has 2 aromatic carbocycles. The molecule has 3 rings (SSSR count). The lowest BCUT2D eigenvalue weighted by Gasteiger charge is -2.12. The van der Waals surface area contributed by atoms with Gasteiger partial charge in [0.15, 0.2) is 17.2 Å². The second kappa shape index (κ2) is 9.41. The summed E-state index contributed by atoms with van der Waals surface area (Å²) in [5.74, 6) is 0.393. The predicted octanol–water partition coefficient (Wildman–Crippen LogP) is 4.78. The number of nitro benzene ring substituents is 1. The van der Waals surface area contributed by atoms with Crippen LogP contribution in [0.5, 0.6) is 11.5 Å². The molecule has 0 fully saturated rings. The summed E-state index contributed by atoms with van der Waals surface area (Å²) in [4.78, 5) is 26.9. The van der Waals surface area contributed by atoms with Gasteiger partial charge in [-0.1, -0.05) is 24.6 Å². The Balaban J connectivity index is 1.93. The van der Waals surface area contributed by atoms with E-state index in [-0.39, 0.29) is 27.9 Å². The van der Waals surface area contributed by atoms with Crippen molar-refractivity contribution < 1.29 is 23.9 Å². The van der Waals surface area contributed by atoms with Gasteiger partial charge in [-0.2, -0.15) is 0 Å². The number of esters is 1. The average Bonchev–Trinajstić information content (AvgIpc) is 3.08. The third-order valence-electron chi connectivity index (χ3n) is 4.04. The molecule has 0 atom stereocenters. The fraction of sp³-hybridized carbons (Fsp3) is 0.238. The smallest absolute Gasteiger partial charge is 0.363 e. The lowest BCUT2D eigenvalue weighted by molar-refractivity contribution is -0.384. The van der Waals surface area contributed by atoms with E-state index in [4.69, 9.17) is 25.8 Å². The number of aliphatic imine (C=N–C) groups is 1. The van der Waals surface area contributed by atoms with Crippen LogP contribution in [0.1, 0.15) is 31.4 Å². The van der Waals surface area contributed by atoms with Crippen molar-refractivity contribution in [2.24, 2.45) is 4.99 Å². The molecule has 8 nitrogen and oxygen atoms in total. The van der Waals surface area contributed by atoms with Crippen LogP contribution in [0.3, 0.4) is 0 Å². The zero-order valence-corrected chi connectivity index (χ0v) is 17.1. The molecule has 1 aliphatic heterocycles. The van der Waals surface area contributed by atoms with Crippen LogP contribution in [-0.4, -0.2) is 30.0 Å². The summed E-state index contributed by atoms with van der Waals surface area (Å²) in [6.45, 7) is 4.89. The molecule has 1 aliphatic rings. The van der Waals surface area contributed by atoms with E-state index in [0.717, 1.165) is 6.42 Å². The molecule has 0 radical (unpaired) electrons. The van der Waals surface area contributed by atoms with Crippen LogP contribution in [0.15, 0.2) is 47.1 Å². The highest BCUT2D eigenvalue weighted by Gasteiger charge is 2.27. The molecule has 0 aromatic heterocycles. The largest absolute Gasteiger partial charge is 0.490 e. The molecule has 0 bridgehead atoms. The van der Waals surface area contributed by atoms with Gasteiger partial charge in [0.05, 0.1) is 28.7 Å². The third kappa shape index (κ3) is 4.77. The number of cyclic esters (lactones) is 1. The average molecular weight is 431 g/mol. The summed E-state index contributed by atoms with van der Waals surface area (Å²) in [6, 6.07) is 9.10. The Morgan fingerprint density at radius 2 is 1.97 bits per heavy atom. The molecular weight excluding hydrogens is 412 g/mol. The van der Waals surface area contributed by atoms with Crippen LogP contribution in [0.4, 0.5) is 5.69 Å². The minimum absolute atomic E-state index is 0.0391. The number of benzene rings is 2. The third-order valence-corrected chi connectivity index (χ3v) is 4.37. The molecular formula is C21H19ClN2O6. The number of hydrogen-bond acceptors (Lipinski definition) is 7. The van der Waals surface area contributed by atoms with E-state index in [1.807, 2.05) is 13.8 Å². The molecule has 0 spiro atoms. The van der Waals surface area contributed by atoms with Crippen LogP contribution < -0.4 is 9.47 Å². The van der Waals surface area contributed by atoms with Crippen molar-refractivity contribution in [3.05, 3.63) is 68.4 Å². The van der Waals surface area contributed by atoms with E-state index in [0.29, 0.717) is 30.3 Å². The first kappa shape index (κ1) is 21.3. The van der Waals surface area contributed by atoms with Gasteiger partial charge >= 0.3 is 5.97 Å². The Labute approximate surface area is 177 Å². The highest BCUT2D eigenvalue weighted by Crippen LogP contribution is 2.31. The molecule has 0 N–H and O–H groups in total. The number of non-ortho nitro benzene ring substituents is 1. The molecule has 2 aromatic rings. The van der Waals surface area contributed by atoms with Crippen LogP contribution in [0.25, 0.3) is 6.08 Å².